The van der Waals surface area contributed by atoms with Gasteiger partial charge >= 0.3 is 5.97 Å². The van der Waals surface area contributed by atoms with E-state index in [0.29, 0.717) is 37.1 Å². The fourth-order valence-electron chi connectivity index (χ4n) is 3.58. The van der Waals surface area contributed by atoms with Crippen molar-refractivity contribution >= 4 is 17.6 Å². The minimum absolute atomic E-state index is 0.00118. The number of para-hydroxylation sites is 1. The molecule has 2 saturated heterocycles. The normalized spacial score (nSPS) is 20.5. The molecular formula is C20H29N3O4. The molecule has 3 rings (SSSR count). The van der Waals surface area contributed by atoms with Crippen molar-refractivity contribution in [1.82, 2.24) is 9.80 Å². The standard InChI is InChI=1S/C20H29N3O4/c1-2-26-19(24)14-21-18-8-4-3-7-17(18)20(25)23-11-9-22(10-12-23)15-16-6-5-13-27-16/h3-4,7-8,16,21H,2,5-6,9-15H2,1H3/t16-/m0/s1. The first-order chi connectivity index (χ1) is 13.2. The third-order valence-corrected chi connectivity index (χ3v) is 5.03. The van der Waals surface area contributed by atoms with Gasteiger partial charge in [-0.15, -0.1) is 0 Å². The van der Waals surface area contributed by atoms with E-state index < -0.39 is 0 Å². The predicted octanol–water partition coefficient (Wildman–Crippen LogP) is 1.60. The summed E-state index contributed by atoms with van der Waals surface area (Å²) in [4.78, 5) is 28.8. The molecule has 2 aliphatic heterocycles. The maximum atomic E-state index is 13.0. The molecule has 0 saturated carbocycles. The fourth-order valence-corrected chi connectivity index (χ4v) is 3.58. The lowest BCUT2D eigenvalue weighted by Crippen LogP contribution is -2.50. The zero-order valence-corrected chi connectivity index (χ0v) is 16.0. The number of nitrogens with zero attached hydrogens (tertiary/aromatic N) is 2. The van der Waals surface area contributed by atoms with Crippen molar-refractivity contribution in [2.45, 2.75) is 25.9 Å². The van der Waals surface area contributed by atoms with E-state index in [0.717, 1.165) is 39.1 Å². The lowest BCUT2D eigenvalue weighted by Gasteiger charge is -2.36. The second-order valence-electron chi connectivity index (χ2n) is 6.93. The Labute approximate surface area is 160 Å². The molecule has 0 unspecified atom stereocenters. The molecule has 0 bridgehead atoms. The summed E-state index contributed by atoms with van der Waals surface area (Å²) in [5.41, 5.74) is 1.26. The zero-order valence-electron chi connectivity index (χ0n) is 16.0. The summed E-state index contributed by atoms with van der Waals surface area (Å²) < 4.78 is 10.6. The van der Waals surface area contributed by atoms with Crippen molar-refractivity contribution < 1.29 is 19.1 Å². The predicted molar refractivity (Wildman–Crippen MR) is 103 cm³/mol. The van der Waals surface area contributed by atoms with Crippen LogP contribution in [-0.4, -0.2) is 80.3 Å². The van der Waals surface area contributed by atoms with Crippen molar-refractivity contribution in [3.63, 3.8) is 0 Å². The van der Waals surface area contributed by atoms with Gasteiger partial charge in [0.05, 0.1) is 18.3 Å². The van der Waals surface area contributed by atoms with Crippen LogP contribution in [0.25, 0.3) is 0 Å². The van der Waals surface area contributed by atoms with Crippen LogP contribution in [0.5, 0.6) is 0 Å². The highest BCUT2D eigenvalue weighted by Gasteiger charge is 2.26. The maximum absolute atomic E-state index is 13.0. The summed E-state index contributed by atoms with van der Waals surface area (Å²) >= 11 is 0. The summed E-state index contributed by atoms with van der Waals surface area (Å²) in [5.74, 6) is -0.332. The number of esters is 1. The van der Waals surface area contributed by atoms with E-state index in [-0.39, 0.29) is 18.4 Å². The lowest BCUT2D eigenvalue weighted by atomic mass is 10.1. The molecule has 0 aromatic heterocycles. The van der Waals surface area contributed by atoms with Gasteiger partial charge in [0.2, 0.25) is 0 Å². The van der Waals surface area contributed by atoms with E-state index in [1.54, 1.807) is 13.0 Å². The molecule has 27 heavy (non-hydrogen) atoms. The van der Waals surface area contributed by atoms with Gasteiger partial charge in [0, 0.05) is 45.0 Å². The fraction of sp³-hybridized carbons (Fsp3) is 0.600. The number of rotatable bonds is 7. The van der Waals surface area contributed by atoms with Crippen LogP contribution < -0.4 is 5.32 Å². The number of carbonyl (C=O) groups is 2. The Morgan fingerprint density at radius 1 is 1.22 bits per heavy atom. The monoisotopic (exact) mass is 375 g/mol. The Balaban J connectivity index is 1.54. The first-order valence-corrected chi connectivity index (χ1v) is 9.79. The second kappa shape index (κ2) is 9.71. The van der Waals surface area contributed by atoms with Crippen LogP contribution in [0.15, 0.2) is 24.3 Å². The van der Waals surface area contributed by atoms with Crippen LogP contribution in [0, 0.1) is 0 Å². The molecule has 7 nitrogen and oxygen atoms in total. The highest BCUT2D eigenvalue weighted by atomic mass is 16.5. The number of nitrogens with one attached hydrogen (secondary N) is 1. The van der Waals surface area contributed by atoms with Crippen molar-refractivity contribution in [2.75, 3.05) is 57.8 Å². The van der Waals surface area contributed by atoms with E-state index >= 15 is 0 Å². The van der Waals surface area contributed by atoms with Crippen molar-refractivity contribution in [1.29, 1.82) is 0 Å². The number of anilines is 1. The number of amides is 1. The molecule has 2 fully saturated rings. The van der Waals surface area contributed by atoms with Gasteiger partial charge in [-0.05, 0) is 31.9 Å². The first-order valence-electron chi connectivity index (χ1n) is 9.79. The van der Waals surface area contributed by atoms with Gasteiger partial charge in [-0.2, -0.15) is 0 Å². The summed E-state index contributed by atoms with van der Waals surface area (Å²) in [6.07, 6.45) is 2.64. The lowest BCUT2D eigenvalue weighted by molar-refractivity contribution is -0.140. The summed E-state index contributed by atoms with van der Waals surface area (Å²) in [5, 5.41) is 3.03. The van der Waals surface area contributed by atoms with Gasteiger partial charge in [0.15, 0.2) is 0 Å². The smallest absolute Gasteiger partial charge is 0.325 e. The third-order valence-electron chi connectivity index (χ3n) is 5.03. The van der Waals surface area contributed by atoms with Crippen molar-refractivity contribution in [2.24, 2.45) is 0 Å². The summed E-state index contributed by atoms with van der Waals surface area (Å²) in [6, 6.07) is 7.31. The van der Waals surface area contributed by atoms with E-state index in [4.69, 9.17) is 9.47 Å². The third kappa shape index (κ3) is 5.43. The Kier molecular flexibility index (Phi) is 7.06. The second-order valence-corrected chi connectivity index (χ2v) is 6.93. The number of carbonyl (C=O) groups excluding carboxylic acids is 2. The van der Waals surface area contributed by atoms with Gasteiger partial charge in [-0.3, -0.25) is 14.5 Å². The number of hydrogen-bond acceptors (Lipinski definition) is 6. The minimum Gasteiger partial charge on any atom is -0.465 e. The Morgan fingerprint density at radius 2 is 2.00 bits per heavy atom. The molecule has 0 spiro atoms. The van der Waals surface area contributed by atoms with Gasteiger partial charge < -0.3 is 19.7 Å². The number of hydrogen-bond donors (Lipinski definition) is 1. The Hall–Kier alpha value is -2.12. The Bertz CT molecular complexity index is 638. The van der Waals surface area contributed by atoms with Crippen LogP contribution in [0.2, 0.25) is 0 Å². The quantitative estimate of drug-likeness (QED) is 0.730. The molecule has 1 atom stereocenters. The van der Waals surface area contributed by atoms with Crippen LogP contribution in [0.4, 0.5) is 5.69 Å². The molecule has 148 valence electrons. The Morgan fingerprint density at radius 3 is 2.70 bits per heavy atom. The van der Waals surface area contributed by atoms with Crippen molar-refractivity contribution in [3.05, 3.63) is 29.8 Å². The molecule has 1 amide bonds. The van der Waals surface area contributed by atoms with Crippen LogP contribution >= 0.6 is 0 Å². The number of ether oxygens (including phenoxy) is 2. The number of benzene rings is 1. The maximum Gasteiger partial charge on any atom is 0.325 e. The zero-order chi connectivity index (χ0) is 19.1. The highest BCUT2D eigenvalue weighted by molar-refractivity contribution is 6.00. The molecule has 1 N–H and O–H groups in total. The van der Waals surface area contributed by atoms with Gasteiger partial charge in [0.1, 0.15) is 6.54 Å². The molecule has 0 aliphatic carbocycles. The van der Waals surface area contributed by atoms with Gasteiger partial charge in [0.25, 0.3) is 5.91 Å². The molecule has 7 heteroatoms. The van der Waals surface area contributed by atoms with Crippen molar-refractivity contribution in [3.8, 4) is 0 Å². The molecule has 1 aromatic carbocycles. The SMILES string of the molecule is CCOC(=O)CNc1ccccc1C(=O)N1CCN(C[C@@H]2CCCO2)CC1. The molecule has 0 radical (unpaired) electrons. The molecule has 2 aliphatic rings. The minimum atomic E-state index is -0.331. The molecule has 2 heterocycles. The van der Waals surface area contributed by atoms with E-state index in [2.05, 4.69) is 10.2 Å². The summed E-state index contributed by atoms with van der Waals surface area (Å²) in [7, 11) is 0. The van der Waals surface area contributed by atoms with E-state index in [9.17, 15) is 9.59 Å². The van der Waals surface area contributed by atoms with Crippen LogP contribution in [0.1, 0.15) is 30.1 Å². The van der Waals surface area contributed by atoms with Crippen LogP contribution in [-0.2, 0) is 14.3 Å². The largest absolute Gasteiger partial charge is 0.465 e. The van der Waals surface area contributed by atoms with Gasteiger partial charge in [-0.25, -0.2) is 0 Å². The van der Waals surface area contributed by atoms with E-state index in [1.807, 2.05) is 23.1 Å². The van der Waals surface area contributed by atoms with E-state index in [1.165, 1.54) is 0 Å². The topological polar surface area (TPSA) is 71.1 Å². The van der Waals surface area contributed by atoms with Gasteiger partial charge in [-0.1, -0.05) is 12.1 Å². The average molecular weight is 375 g/mol. The molecule has 1 aromatic rings. The summed E-state index contributed by atoms with van der Waals surface area (Å²) in [6.45, 7) is 7.14. The molecular weight excluding hydrogens is 346 g/mol. The number of piperazine rings is 1. The van der Waals surface area contributed by atoms with Crippen LogP contribution in [0.3, 0.4) is 0 Å². The highest BCUT2D eigenvalue weighted by Crippen LogP contribution is 2.19. The average Bonchev–Trinajstić information content (AvgIpc) is 3.20. The first kappa shape index (κ1) is 19.6.